The van der Waals surface area contributed by atoms with Crippen LogP contribution in [0.1, 0.15) is 17.2 Å². The van der Waals surface area contributed by atoms with E-state index < -0.39 is 12.5 Å². The zero-order valence-corrected chi connectivity index (χ0v) is 8.11. The van der Waals surface area contributed by atoms with Crippen molar-refractivity contribution in [2.45, 2.75) is 12.5 Å². The number of aromatic amines is 1. The lowest BCUT2D eigenvalue weighted by Crippen LogP contribution is -2.07. The molecule has 2 rings (SSSR count). The fourth-order valence-corrected chi connectivity index (χ4v) is 1.59. The predicted octanol–water partition coefficient (Wildman–Crippen LogP) is 2.34. The third-order valence-electron chi connectivity index (χ3n) is 2.40. The first-order valence-corrected chi connectivity index (χ1v) is 4.61. The zero-order valence-electron chi connectivity index (χ0n) is 8.11. The molecule has 82 valence electrons. The average molecular weight is 222 g/mol. The van der Waals surface area contributed by atoms with Crippen LogP contribution >= 0.6 is 0 Å². The van der Waals surface area contributed by atoms with Gasteiger partial charge in [-0.25, -0.2) is 8.78 Å². The Labute approximate surface area is 89.9 Å². The molecule has 0 spiro atoms. The highest BCUT2D eigenvalue weighted by Crippen LogP contribution is 2.28. The van der Waals surface area contributed by atoms with Crippen LogP contribution in [-0.2, 0) is 0 Å². The van der Waals surface area contributed by atoms with Gasteiger partial charge in [0.05, 0.1) is 11.6 Å². The van der Waals surface area contributed by atoms with Gasteiger partial charge in [-0.05, 0) is 18.2 Å². The standard InChI is InChI=1S/C11H8F2N2O/c12-11(13)10(16)8-5-15-9-2-1-6(4-14)3-7(8)9/h1-3,5,10-11,15-16H. The molecule has 16 heavy (non-hydrogen) atoms. The highest BCUT2D eigenvalue weighted by molar-refractivity contribution is 5.84. The first-order valence-electron chi connectivity index (χ1n) is 4.61. The summed E-state index contributed by atoms with van der Waals surface area (Å²) in [6, 6.07) is 6.60. The van der Waals surface area contributed by atoms with Crippen LogP contribution in [0.2, 0.25) is 0 Å². The Bertz CT molecular complexity index is 557. The van der Waals surface area contributed by atoms with Gasteiger partial charge in [-0.2, -0.15) is 5.26 Å². The molecule has 1 heterocycles. The van der Waals surface area contributed by atoms with Gasteiger partial charge in [0, 0.05) is 22.7 Å². The lowest BCUT2D eigenvalue weighted by molar-refractivity contribution is -0.00494. The number of nitriles is 1. The monoisotopic (exact) mass is 222 g/mol. The van der Waals surface area contributed by atoms with E-state index in [-0.39, 0.29) is 5.56 Å². The molecular weight excluding hydrogens is 214 g/mol. The molecule has 2 aromatic rings. The Hall–Kier alpha value is -1.93. The molecule has 0 bridgehead atoms. The van der Waals surface area contributed by atoms with Gasteiger partial charge in [-0.1, -0.05) is 0 Å². The number of aliphatic hydroxyl groups excluding tert-OH is 1. The fraction of sp³-hybridized carbons (Fsp3) is 0.182. The normalized spacial score (nSPS) is 12.9. The van der Waals surface area contributed by atoms with Gasteiger partial charge >= 0.3 is 0 Å². The van der Waals surface area contributed by atoms with Gasteiger partial charge in [-0.3, -0.25) is 0 Å². The minimum absolute atomic E-state index is 0.113. The number of aromatic nitrogens is 1. The van der Waals surface area contributed by atoms with Crippen LogP contribution in [0.3, 0.4) is 0 Å². The molecule has 0 aliphatic rings. The number of H-pyrrole nitrogens is 1. The topological polar surface area (TPSA) is 59.8 Å². The molecular formula is C11H8F2N2O. The molecule has 5 heteroatoms. The molecule has 1 aromatic heterocycles. The van der Waals surface area contributed by atoms with E-state index in [0.717, 1.165) is 0 Å². The molecule has 0 saturated heterocycles. The van der Waals surface area contributed by atoms with Crippen molar-refractivity contribution in [2.75, 3.05) is 0 Å². The molecule has 0 radical (unpaired) electrons. The average Bonchev–Trinajstić information content (AvgIpc) is 2.70. The quantitative estimate of drug-likeness (QED) is 0.819. The number of rotatable bonds is 2. The van der Waals surface area contributed by atoms with Crippen molar-refractivity contribution in [1.82, 2.24) is 4.98 Å². The summed E-state index contributed by atoms with van der Waals surface area (Å²) in [6.45, 7) is 0. The Kier molecular flexibility index (Phi) is 2.59. The van der Waals surface area contributed by atoms with Crippen molar-refractivity contribution in [3.05, 3.63) is 35.5 Å². The highest BCUT2D eigenvalue weighted by Gasteiger charge is 2.22. The SMILES string of the molecule is N#Cc1ccc2[nH]cc(C(O)C(F)F)c2c1. The van der Waals surface area contributed by atoms with E-state index in [1.165, 1.54) is 12.3 Å². The number of nitrogens with zero attached hydrogens (tertiary/aromatic N) is 1. The highest BCUT2D eigenvalue weighted by atomic mass is 19.3. The molecule has 1 unspecified atom stereocenters. The predicted molar refractivity (Wildman–Crippen MR) is 54.0 cm³/mol. The first-order chi connectivity index (χ1) is 7.63. The number of aliphatic hydroxyl groups is 1. The van der Waals surface area contributed by atoms with Crippen molar-refractivity contribution < 1.29 is 13.9 Å². The van der Waals surface area contributed by atoms with Gasteiger partial charge in [0.1, 0.15) is 6.10 Å². The second-order valence-corrected chi connectivity index (χ2v) is 3.40. The molecule has 0 aliphatic carbocycles. The van der Waals surface area contributed by atoms with E-state index >= 15 is 0 Å². The van der Waals surface area contributed by atoms with Crippen molar-refractivity contribution in [3.63, 3.8) is 0 Å². The largest absolute Gasteiger partial charge is 0.382 e. The maximum absolute atomic E-state index is 12.4. The molecule has 0 saturated carbocycles. The molecule has 1 aromatic carbocycles. The summed E-state index contributed by atoms with van der Waals surface area (Å²) in [5, 5.41) is 18.4. The Morgan fingerprint density at radius 3 is 2.75 bits per heavy atom. The lowest BCUT2D eigenvalue weighted by atomic mass is 10.1. The smallest absolute Gasteiger partial charge is 0.268 e. The number of halogens is 2. The van der Waals surface area contributed by atoms with Gasteiger partial charge in [0.15, 0.2) is 0 Å². The molecule has 1 atom stereocenters. The number of nitrogens with one attached hydrogen (secondary N) is 1. The van der Waals surface area contributed by atoms with E-state index in [9.17, 15) is 13.9 Å². The summed E-state index contributed by atoms with van der Waals surface area (Å²) >= 11 is 0. The van der Waals surface area contributed by atoms with Crippen LogP contribution in [0, 0.1) is 11.3 Å². The summed E-state index contributed by atoms with van der Waals surface area (Å²) < 4.78 is 24.7. The zero-order chi connectivity index (χ0) is 11.7. The van der Waals surface area contributed by atoms with Crippen LogP contribution < -0.4 is 0 Å². The third kappa shape index (κ3) is 1.64. The van der Waals surface area contributed by atoms with Crippen LogP contribution in [-0.4, -0.2) is 16.5 Å². The summed E-state index contributed by atoms with van der Waals surface area (Å²) in [5.41, 5.74) is 1.10. The summed E-state index contributed by atoms with van der Waals surface area (Å²) in [5.74, 6) is 0. The maximum atomic E-state index is 12.4. The van der Waals surface area contributed by atoms with Gasteiger partial charge in [0.2, 0.25) is 0 Å². The number of hydrogen-bond acceptors (Lipinski definition) is 2. The van der Waals surface area contributed by atoms with E-state index in [1.54, 1.807) is 12.1 Å². The molecule has 0 aliphatic heterocycles. The van der Waals surface area contributed by atoms with Crippen LogP contribution in [0.15, 0.2) is 24.4 Å². The van der Waals surface area contributed by atoms with Crippen LogP contribution in [0.4, 0.5) is 8.78 Å². The fourth-order valence-electron chi connectivity index (χ4n) is 1.59. The minimum Gasteiger partial charge on any atom is -0.382 e. The van der Waals surface area contributed by atoms with Gasteiger partial charge < -0.3 is 10.1 Å². The van der Waals surface area contributed by atoms with Crippen molar-refractivity contribution in [2.24, 2.45) is 0 Å². The number of fused-ring (bicyclic) bond motifs is 1. The lowest BCUT2D eigenvalue weighted by Gasteiger charge is -2.07. The van der Waals surface area contributed by atoms with E-state index in [1.807, 2.05) is 6.07 Å². The van der Waals surface area contributed by atoms with E-state index in [4.69, 9.17) is 5.26 Å². The minimum atomic E-state index is -2.84. The second-order valence-electron chi connectivity index (χ2n) is 3.40. The van der Waals surface area contributed by atoms with Crippen molar-refractivity contribution >= 4 is 10.9 Å². The Morgan fingerprint density at radius 2 is 2.12 bits per heavy atom. The Balaban J connectivity index is 2.59. The van der Waals surface area contributed by atoms with E-state index in [2.05, 4.69) is 4.98 Å². The number of hydrogen-bond donors (Lipinski definition) is 2. The van der Waals surface area contributed by atoms with Gasteiger partial charge in [-0.15, -0.1) is 0 Å². The molecule has 0 fully saturated rings. The maximum Gasteiger partial charge on any atom is 0.268 e. The molecule has 0 amide bonds. The summed E-state index contributed by atoms with van der Waals surface area (Å²) in [6.07, 6.45) is -3.34. The summed E-state index contributed by atoms with van der Waals surface area (Å²) in [7, 11) is 0. The van der Waals surface area contributed by atoms with E-state index in [0.29, 0.717) is 16.5 Å². The second kappa shape index (κ2) is 3.91. The molecule has 3 nitrogen and oxygen atoms in total. The summed E-state index contributed by atoms with van der Waals surface area (Å²) in [4.78, 5) is 2.77. The van der Waals surface area contributed by atoms with Crippen LogP contribution in [0.5, 0.6) is 0 Å². The van der Waals surface area contributed by atoms with Gasteiger partial charge in [0.25, 0.3) is 6.43 Å². The first kappa shape index (κ1) is 10.6. The molecule has 2 N–H and O–H groups in total. The van der Waals surface area contributed by atoms with Crippen molar-refractivity contribution in [1.29, 1.82) is 5.26 Å². The number of alkyl halides is 2. The number of benzene rings is 1. The van der Waals surface area contributed by atoms with Crippen LogP contribution in [0.25, 0.3) is 10.9 Å². The Morgan fingerprint density at radius 1 is 1.38 bits per heavy atom. The van der Waals surface area contributed by atoms with Crippen molar-refractivity contribution in [3.8, 4) is 6.07 Å². The third-order valence-corrected chi connectivity index (χ3v) is 2.40.